The molecule has 1 heterocycles. The van der Waals surface area contributed by atoms with Gasteiger partial charge in [-0.1, -0.05) is 36.0 Å². The predicted molar refractivity (Wildman–Crippen MR) is 133 cm³/mol. The van der Waals surface area contributed by atoms with Gasteiger partial charge in [0.2, 0.25) is 6.54 Å². The van der Waals surface area contributed by atoms with E-state index in [1.807, 2.05) is 30.5 Å². The first-order valence-corrected chi connectivity index (χ1v) is 12.1. The first kappa shape index (κ1) is 25.1. The van der Waals surface area contributed by atoms with E-state index < -0.39 is 5.25 Å². The van der Waals surface area contributed by atoms with Crippen molar-refractivity contribution in [1.82, 2.24) is 14.8 Å². The average Bonchev–Trinajstić information content (AvgIpc) is 3.13. The number of aryl methyl sites for hydroxylation is 1. The van der Waals surface area contributed by atoms with E-state index in [-0.39, 0.29) is 11.5 Å². The molecule has 0 aliphatic carbocycles. The summed E-state index contributed by atoms with van der Waals surface area (Å²) in [6.07, 6.45) is 1.63. The summed E-state index contributed by atoms with van der Waals surface area (Å²) in [7, 11) is 0. The van der Waals surface area contributed by atoms with Gasteiger partial charge < -0.3 is 9.47 Å². The molecule has 0 spiro atoms. The fourth-order valence-corrected chi connectivity index (χ4v) is 4.95. The third kappa shape index (κ3) is 6.27. The molecule has 0 radical (unpaired) electrons. The van der Waals surface area contributed by atoms with Crippen LogP contribution < -0.4 is 9.47 Å². The number of benzene rings is 2. The van der Waals surface area contributed by atoms with Gasteiger partial charge in [-0.3, -0.25) is 14.7 Å². The zero-order valence-electron chi connectivity index (χ0n) is 18.0. The van der Waals surface area contributed by atoms with Crippen LogP contribution in [0.15, 0.2) is 58.7 Å². The number of thioether (sulfide) groups is 1. The molecule has 0 aliphatic heterocycles. The number of hydrogen-bond donors (Lipinski definition) is 0. The van der Waals surface area contributed by atoms with Gasteiger partial charge in [0.1, 0.15) is 17.7 Å². The number of aromatic nitrogens is 3. The lowest BCUT2D eigenvalue weighted by molar-refractivity contribution is -0.479. The van der Waals surface area contributed by atoms with Gasteiger partial charge in [0.25, 0.3) is 0 Å². The smallest absolute Gasteiger partial charge is 0.220 e. The van der Waals surface area contributed by atoms with E-state index in [1.165, 1.54) is 11.8 Å². The first-order chi connectivity index (χ1) is 15.8. The minimum absolute atomic E-state index is 0.300. The van der Waals surface area contributed by atoms with Crippen LogP contribution >= 0.6 is 39.3 Å². The highest BCUT2D eigenvalue weighted by Gasteiger charge is 2.26. The lowest BCUT2D eigenvalue weighted by Gasteiger charge is -2.18. The molecule has 3 aromatic rings. The monoisotopic (exact) mass is 552 g/mol. The van der Waals surface area contributed by atoms with Crippen LogP contribution in [0.5, 0.6) is 11.5 Å². The number of nitrogens with zero attached hydrogens (tertiary/aromatic N) is 4. The number of rotatable bonds is 11. The first-order valence-electron chi connectivity index (χ1n) is 10.00. The number of nitro groups is 1. The van der Waals surface area contributed by atoms with Gasteiger partial charge in [-0.15, -0.1) is 10.2 Å². The quantitative estimate of drug-likeness (QED) is 0.123. The molecule has 8 nitrogen and oxygen atoms in total. The van der Waals surface area contributed by atoms with Crippen molar-refractivity contribution in [1.29, 1.82) is 0 Å². The lowest BCUT2D eigenvalue weighted by Crippen LogP contribution is -2.12. The molecule has 1 aromatic heterocycles. The fourth-order valence-electron chi connectivity index (χ4n) is 3.10. The summed E-state index contributed by atoms with van der Waals surface area (Å²) in [6.45, 7) is 7.74. The molecule has 0 N–H and O–H groups in total. The maximum absolute atomic E-state index is 11.5. The van der Waals surface area contributed by atoms with Gasteiger partial charge in [0.15, 0.2) is 16.7 Å². The maximum Gasteiger partial charge on any atom is 0.220 e. The SMILES string of the molecule is C=CCOc1c(Br)cc([C@@H](C[N+](=O)[O-])Sc2nnc(C)n2-c2ccc(Cl)cc2)cc1OCC. The minimum Gasteiger partial charge on any atom is -0.490 e. The maximum atomic E-state index is 11.5. The molecule has 0 fully saturated rings. The highest BCUT2D eigenvalue weighted by molar-refractivity contribution is 9.10. The van der Waals surface area contributed by atoms with E-state index in [2.05, 4.69) is 32.7 Å². The molecule has 0 bridgehead atoms. The zero-order chi connectivity index (χ0) is 24.0. The molecular formula is C22H22BrClN4O4S. The summed E-state index contributed by atoms with van der Waals surface area (Å²) in [4.78, 5) is 11.2. The molecule has 0 unspecified atom stereocenters. The van der Waals surface area contributed by atoms with Crippen molar-refractivity contribution < 1.29 is 14.4 Å². The van der Waals surface area contributed by atoms with Crippen molar-refractivity contribution in [3.8, 4) is 17.2 Å². The van der Waals surface area contributed by atoms with Crippen LogP contribution in [0.2, 0.25) is 5.02 Å². The van der Waals surface area contributed by atoms with Gasteiger partial charge in [-0.2, -0.15) is 0 Å². The van der Waals surface area contributed by atoms with Crippen LogP contribution in [-0.2, 0) is 0 Å². The van der Waals surface area contributed by atoms with Gasteiger partial charge >= 0.3 is 0 Å². The van der Waals surface area contributed by atoms with Crippen LogP contribution in [0.3, 0.4) is 0 Å². The summed E-state index contributed by atoms with van der Waals surface area (Å²) in [5.74, 6) is 1.67. The van der Waals surface area contributed by atoms with Gasteiger partial charge in [-0.05, 0) is 71.7 Å². The molecule has 11 heteroatoms. The topological polar surface area (TPSA) is 92.3 Å². The highest BCUT2D eigenvalue weighted by atomic mass is 79.9. The zero-order valence-corrected chi connectivity index (χ0v) is 21.2. The third-order valence-electron chi connectivity index (χ3n) is 4.49. The summed E-state index contributed by atoms with van der Waals surface area (Å²) in [5.41, 5.74) is 1.51. The second-order valence-corrected chi connectivity index (χ2v) is 9.29. The van der Waals surface area contributed by atoms with E-state index in [0.717, 1.165) is 5.69 Å². The standard InChI is InChI=1S/C22H22BrClN4O4S/c1-4-10-32-21-18(23)11-15(12-19(21)31-5-2)20(13-27(29)30)33-22-26-25-14(3)28(22)17-8-6-16(24)7-9-17/h4,6-9,11-12,20H,1,5,10,13H2,2-3H3/t20-/m1/s1. The van der Waals surface area contributed by atoms with Crippen LogP contribution in [0.4, 0.5) is 0 Å². The van der Waals surface area contributed by atoms with Crippen LogP contribution in [-0.4, -0.2) is 39.4 Å². The Kier molecular flexibility index (Phi) is 8.76. The lowest BCUT2D eigenvalue weighted by atomic mass is 10.1. The van der Waals surface area contributed by atoms with Crippen molar-refractivity contribution in [2.24, 2.45) is 0 Å². The molecule has 0 aliphatic rings. The van der Waals surface area contributed by atoms with E-state index in [1.54, 1.807) is 30.3 Å². The highest BCUT2D eigenvalue weighted by Crippen LogP contribution is 2.43. The normalized spacial score (nSPS) is 11.8. The Hall–Kier alpha value is -2.56. The summed E-state index contributed by atoms with van der Waals surface area (Å²) >= 11 is 10.8. The van der Waals surface area contributed by atoms with Crippen LogP contribution in [0, 0.1) is 17.0 Å². The van der Waals surface area contributed by atoms with Gasteiger partial charge in [0.05, 0.1) is 11.1 Å². The number of ether oxygens (including phenoxy) is 2. The van der Waals surface area contributed by atoms with Crippen molar-refractivity contribution in [2.45, 2.75) is 24.3 Å². The summed E-state index contributed by atoms with van der Waals surface area (Å²) in [6, 6.07) is 10.8. The molecule has 1 atom stereocenters. The second-order valence-electron chi connectivity index (χ2n) is 6.83. The summed E-state index contributed by atoms with van der Waals surface area (Å²) in [5, 5.41) is 20.6. The minimum atomic E-state index is -0.557. The average molecular weight is 554 g/mol. The largest absolute Gasteiger partial charge is 0.490 e. The van der Waals surface area contributed by atoms with Gasteiger partial charge in [0, 0.05) is 15.6 Å². The second kappa shape index (κ2) is 11.5. The Morgan fingerprint density at radius 3 is 2.67 bits per heavy atom. The summed E-state index contributed by atoms with van der Waals surface area (Å²) < 4.78 is 14.0. The number of hydrogen-bond acceptors (Lipinski definition) is 7. The van der Waals surface area contributed by atoms with Crippen molar-refractivity contribution >= 4 is 39.3 Å². The molecule has 2 aromatic carbocycles. The fraction of sp³-hybridized carbons (Fsp3) is 0.273. The van der Waals surface area contributed by atoms with E-state index in [4.69, 9.17) is 21.1 Å². The van der Waals surface area contributed by atoms with Crippen molar-refractivity contribution in [3.63, 3.8) is 0 Å². The van der Waals surface area contributed by atoms with E-state index in [0.29, 0.717) is 50.8 Å². The molecule has 174 valence electrons. The van der Waals surface area contributed by atoms with Crippen molar-refractivity contribution in [3.05, 3.63) is 80.1 Å². The van der Waals surface area contributed by atoms with Crippen LogP contribution in [0.1, 0.15) is 23.6 Å². The number of halogens is 2. The Morgan fingerprint density at radius 1 is 1.30 bits per heavy atom. The molecule has 0 amide bonds. The molecule has 33 heavy (non-hydrogen) atoms. The third-order valence-corrected chi connectivity index (χ3v) is 6.51. The Labute approximate surface area is 209 Å². The Bertz CT molecular complexity index is 1140. The van der Waals surface area contributed by atoms with Crippen LogP contribution in [0.25, 0.3) is 5.69 Å². The molecule has 0 saturated heterocycles. The van der Waals surface area contributed by atoms with Crippen molar-refractivity contribution in [2.75, 3.05) is 19.8 Å². The molecular weight excluding hydrogens is 532 g/mol. The Morgan fingerprint density at radius 2 is 2.03 bits per heavy atom. The predicted octanol–water partition coefficient (Wildman–Crippen LogP) is 6.07. The molecule has 3 rings (SSSR count). The van der Waals surface area contributed by atoms with E-state index in [9.17, 15) is 10.1 Å². The van der Waals surface area contributed by atoms with E-state index >= 15 is 0 Å². The molecule has 0 saturated carbocycles. The Balaban J connectivity index is 2.02. The van der Waals surface area contributed by atoms with Gasteiger partial charge in [-0.25, -0.2) is 0 Å².